The molecule has 0 atom stereocenters. The predicted molar refractivity (Wildman–Crippen MR) is 73.3 cm³/mol. The molecule has 0 unspecified atom stereocenters. The van der Waals surface area contributed by atoms with Crippen molar-refractivity contribution >= 4 is 5.97 Å². The van der Waals surface area contributed by atoms with E-state index >= 15 is 0 Å². The Bertz CT molecular complexity index is 458. The highest BCUT2D eigenvalue weighted by Crippen LogP contribution is 2.40. The predicted octanol–water partition coefficient (Wildman–Crippen LogP) is 2.71. The maximum Gasteiger partial charge on any atom is 0.310 e. The molecule has 1 aliphatic rings. The molecule has 2 N–H and O–H groups in total. The first kappa shape index (κ1) is 14.1. The first-order valence-electron chi connectivity index (χ1n) is 6.87. The topological polar surface area (TPSA) is 62.5 Å². The molecule has 1 saturated carbocycles. The Morgan fingerprint density at radius 1 is 1.47 bits per heavy atom. The van der Waals surface area contributed by atoms with Gasteiger partial charge in [0.2, 0.25) is 0 Å². The van der Waals surface area contributed by atoms with E-state index in [2.05, 4.69) is 19.2 Å². The number of carbonyl (C=O) groups is 1. The Balaban J connectivity index is 1.90. The van der Waals surface area contributed by atoms with Crippen LogP contribution in [0.1, 0.15) is 44.6 Å². The minimum Gasteiger partial charge on any atom is -0.481 e. The van der Waals surface area contributed by atoms with Gasteiger partial charge in [-0.25, -0.2) is 0 Å². The molecule has 0 amide bonds. The van der Waals surface area contributed by atoms with E-state index in [1.54, 1.807) is 0 Å². The zero-order valence-electron chi connectivity index (χ0n) is 12.0. The first-order valence-corrected chi connectivity index (χ1v) is 6.87. The summed E-state index contributed by atoms with van der Waals surface area (Å²) in [5.74, 6) is 1.18. The smallest absolute Gasteiger partial charge is 0.310 e. The third kappa shape index (κ3) is 2.84. The van der Waals surface area contributed by atoms with Gasteiger partial charge < -0.3 is 14.8 Å². The van der Waals surface area contributed by atoms with Crippen molar-refractivity contribution in [2.45, 2.75) is 45.4 Å². The van der Waals surface area contributed by atoms with E-state index in [-0.39, 0.29) is 5.41 Å². The van der Waals surface area contributed by atoms with Crippen LogP contribution in [-0.2, 0) is 10.2 Å². The fraction of sp³-hybridized carbons (Fsp3) is 0.667. The molecule has 4 heteroatoms. The Kier molecular flexibility index (Phi) is 3.72. The average molecular weight is 265 g/mol. The minimum absolute atomic E-state index is 0.127. The second kappa shape index (κ2) is 5.00. The lowest BCUT2D eigenvalue weighted by Gasteiger charge is -2.38. The molecule has 0 bridgehead atoms. The van der Waals surface area contributed by atoms with Crippen LogP contribution in [0.4, 0.5) is 0 Å². The molecule has 106 valence electrons. The lowest BCUT2D eigenvalue weighted by Crippen LogP contribution is -2.48. The van der Waals surface area contributed by atoms with Gasteiger partial charge in [-0.15, -0.1) is 0 Å². The van der Waals surface area contributed by atoms with Gasteiger partial charge in [-0.2, -0.15) is 0 Å². The molecule has 2 rings (SSSR count). The summed E-state index contributed by atoms with van der Waals surface area (Å²) in [4.78, 5) is 11.3. The van der Waals surface area contributed by atoms with Crippen molar-refractivity contribution in [3.05, 3.63) is 23.7 Å². The van der Waals surface area contributed by atoms with Crippen LogP contribution in [0, 0.1) is 12.3 Å². The van der Waals surface area contributed by atoms with Crippen molar-refractivity contribution in [1.82, 2.24) is 5.32 Å². The normalized spacial score (nSPS) is 18.1. The van der Waals surface area contributed by atoms with Gasteiger partial charge in [0.25, 0.3) is 0 Å². The van der Waals surface area contributed by atoms with E-state index in [4.69, 9.17) is 4.42 Å². The fourth-order valence-corrected chi connectivity index (χ4v) is 2.57. The summed E-state index contributed by atoms with van der Waals surface area (Å²) in [6.07, 6.45) is 2.60. The van der Waals surface area contributed by atoms with Gasteiger partial charge in [0, 0.05) is 18.5 Å². The molecule has 0 radical (unpaired) electrons. The van der Waals surface area contributed by atoms with Gasteiger partial charge in [0.05, 0.1) is 5.41 Å². The molecule has 0 aromatic carbocycles. The summed E-state index contributed by atoms with van der Waals surface area (Å²) in [6, 6.07) is 3.95. The van der Waals surface area contributed by atoms with Crippen molar-refractivity contribution in [3.8, 4) is 0 Å². The molecule has 0 saturated heterocycles. The highest BCUT2D eigenvalue weighted by molar-refractivity contribution is 5.76. The zero-order chi connectivity index (χ0) is 14.1. The number of rotatable bonds is 6. The average Bonchev–Trinajstić information content (AvgIpc) is 2.69. The number of hydrogen-bond donors (Lipinski definition) is 2. The van der Waals surface area contributed by atoms with E-state index in [9.17, 15) is 9.90 Å². The van der Waals surface area contributed by atoms with Crippen LogP contribution in [-0.4, -0.2) is 24.2 Å². The molecule has 1 heterocycles. The van der Waals surface area contributed by atoms with Gasteiger partial charge in [0.15, 0.2) is 0 Å². The summed E-state index contributed by atoms with van der Waals surface area (Å²) in [6.45, 7) is 7.40. The quantitative estimate of drug-likeness (QED) is 0.830. The lowest BCUT2D eigenvalue weighted by atomic mass is 9.68. The summed E-state index contributed by atoms with van der Waals surface area (Å²) in [5.41, 5.74) is -0.660. The number of aliphatic carboxylic acids is 1. The van der Waals surface area contributed by atoms with Gasteiger partial charge in [-0.1, -0.05) is 20.3 Å². The van der Waals surface area contributed by atoms with E-state index in [1.165, 1.54) is 0 Å². The van der Waals surface area contributed by atoms with Crippen LogP contribution in [0.5, 0.6) is 0 Å². The Morgan fingerprint density at radius 3 is 2.58 bits per heavy atom. The van der Waals surface area contributed by atoms with E-state index in [0.717, 1.165) is 37.3 Å². The van der Waals surface area contributed by atoms with Crippen molar-refractivity contribution < 1.29 is 14.3 Å². The molecular formula is C15H23NO3. The van der Waals surface area contributed by atoms with E-state index in [0.29, 0.717) is 6.54 Å². The van der Waals surface area contributed by atoms with Gasteiger partial charge in [-0.3, -0.25) is 4.79 Å². The molecule has 1 fully saturated rings. The lowest BCUT2D eigenvalue weighted by molar-refractivity contribution is -0.154. The second-order valence-electron chi connectivity index (χ2n) is 6.34. The number of hydrogen-bond acceptors (Lipinski definition) is 3. The number of nitrogens with one attached hydrogen (secondary N) is 1. The second-order valence-corrected chi connectivity index (χ2v) is 6.34. The molecule has 4 nitrogen and oxygen atoms in total. The molecule has 1 aromatic heterocycles. The van der Waals surface area contributed by atoms with Crippen LogP contribution >= 0.6 is 0 Å². The molecule has 1 aromatic rings. The largest absolute Gasteiger partial charge is 0.481 e. The van der Waals surface area contributed by atoms with Crippen molar-refractivity contribution in [2.24, 2.45) is 5.41 Å². The third-order valence-corrected chi connectivity index (χ3v) is 4.20. The SMILES string of the molecule is Cc1ccc(C(C)(C)CNCC2(C(=O)O)CCC2)o1. The number of furan rings is 1. The van der Waals surface area contributed by atoms with Crippen LogP contribution in [0.15, 0.2) is 16.5 Å². The Morgan fingerprint density at radius 2 is 2.16 bits per heavy atom. The monoisotopic (exact) mass is 265 g/mol. The van der Waals surface area contributed by atoms with E-state index in [1.807, 2.05) is 19.1 Å². The van der Waals surface area contributed by atoms with Crippen molar-refractivity contribution in [2.75, 3.05) is 13.1 Å². The molecule has 1 aliphatic carbocycles. The Hall–Kier alpha value is -1.29. The summed E-state index contributed by atoms with van der Waals surface area (Å²) < 4.78 is 5.66. The van der Waals surface area contributed by atoms with Crippen molar-refractivity contribution in [1.29, 1.82) is 0 Å². The van der Waals surface area contributed by atoms with Gasteiger partial charge in [-0.05, 0) is 31.9 Å². The number of carboxylic acid groups (broad SMARTS) is 1. The molecule has 0 aliphatic heterocycles. The summed E-state index contributed by atoms with van der Waals surface area (Å²) in [7, 11) is 0. The third-order valence-electron chi connectivity index (χ3n) is 4.20. The maximum absolute atomic E-state index is 11.3. The standard InChI is InChI=1S/C15H23NO3/c1-11-5-6-12(19-11)14(2,3)9-16-10-15(13(17)18)7-4-8-15/h5-6,16H,4,7-10H2,1-3H3,(H,17,18). The summed E-state index contributed by atoms with van der Waals surface area (Å²) >= 11 is 0. The van der Waals surface area contributed by atoms with Crippen molar-refractivity contribution in [3.63, 3.8) is 0 Å². The fourth-order valence-electron chi connectivity index (χ4n) is 2.57. The molecular weight excluding hydrogens is 242 g/mol. The van der Waals surface area contributed by atoms with Crippen LogP contribution < -0.4 is 5.32 Å². The number of aryl methyl sites for hydroxylation is 1. The highest BCUT2D eigenvalue weighted by Gasteiger charge is 2.44. The van der Waals surface area contributed by atoms with Gasteiger partial charge >= 0.3 is 5.97 Å². The molecule has 19 heavy (non-hydrogen) atoms. The van der Waals surface area contributed by atoms with Crippen LogP contribution in [0.25, 0.3) is 0 Å². The molecule has 0 spiro atoms. The summed E-state index contributed by atoms with van der Waals surface area (Å²) in [5, 5.41) is 12.6. The first-order chi connectivity index (χ1) is 8.86. The highest BCUT2D eigenvalue weighted by atomic mass is 16.4. The van der Waals surface area contributed by atoms with Crippen LogP contribution in [0.2, 0.25) is 0 Å². The number of carboxylic acids is 1. The minimum atomic E-state index is -0.669. The van der Waals surface area contributed by atoms with Gasteiger partial charge in [0.1, 0.15) is 11.5 Å². The zero-order valence-corrected chi connectivity index (χ0v) is 12.0. The Labute approximate surface area is 114 Å². The van der Waals surface area contributed by atoms with Crippen LogP contribution in [0.3, 0.4) is 0 Å². The van der Waals surface area contributed by atoms with E-state index < -0.39 is 11.4 Å². The maximum atomic E-state index is 11.3.